The lowest BCUT2D eigenvalue weighted by atomic mass is 10.0. The van der Waals surface area contributed by atoms with E-state index in [1.165, 1.54) is 6.07 Å². The molecule has 4 aromatic rings. The summed E-state index contributed by atoms with van der Waals surface area (Å²) in [5.41, 5.74) is 4.17. The number of hydrogen-bond acceptors (Lipinski definition) is 4. The number of benzene rings is 2. The summed E-state index contributed by atoms with van der Waals surface area (Å²) in [6, 6.07) is 16.5. The summed E-state index contributed by atoms with van der Waals surface area (Å²) in [5, 5.41) is 15.6. The van der Waals surface area contributed by atoms with Crippen LogP contribution in [-0.4, -0.2) is 14.9 Å². The van der Waals surface area contributed by atoms with E-state index in [4.69, 9.17) is 0 Å². The van der Waals surface area contributed by atoms with Crippen molar-refractivity contribution in [1.29, 1.82) is 0 Å². The van der Waals surface area contributed by atoms with Crippen LogP contribution in [0.1, 0.15) is 0 Å². The quantitative estimate of drug-likeness (QED) is 0.412. The van der Waals surface area contributed by atoms with Crippen molar-refractivity contribution in [1.82, 2.24) is 9.97 Å². The molecule has 0 fully saturated rings. The molecule has 0 unspecified atom stereocenters. The number of non-ortho nitro benzene ring substituents is 1. The van der Waals surface area contributed by atoms with Crippen LogP contribution in [0.15, 0.2) is 73.2 Å². The fraction of sp³-hybridized carbons (Fsp3) is 0. The fourth-order valence-corrected chi connectivity index (χ4v) is 2.88. The average Bonchev–Trinajstić information content (AvgIpc) is 3.11. The van der Waals surface area contributed by atoms with Crippen molar-refractivity contribution in [2.24, 2.45) is 0 Å². The number of nitro benzene ring substituents is 1. The first-order valence-electron chi connectivity index (χ1n) is 7.74. The highest BCUT2D eigenvalue weighted by Crippen LogP contribution is 2.33. The Balaban J connectivity index is 1.85. The second-order valence-electron chi connectivity index (χ2n) is 5.64. The minimum absolute atomic E-state index is 0.0384. The van der Waals surface area contributed by atoms with Crippen molar-refractivity contribution in [3.8, 4) is 11.1 Å². The molecule has 0 radical (unpaired) electrons. The smallest absolute Gasteiger partial charge is 0.272 e. The summed E-state index contributed by atoms with van der Waals surface area (Å²) < 4.78 is 0. The van der Waals surface area contributed by atoms with E-state index in [2.05, 4.69) is 15.3 Å². The van der Waals surface area contributed by atoms with E-state index in [9.17, 15) is 10.1 Å². The van der Waals surface area contributed by atoms with E-state index in [1.807, 2.05) is 42.6 Å². The van der Waals surface area contributed by atoms with Crippen LogP contribution in [0.2, 0.25) is 0 Å². The standard InChI is InChI=1S/C19H14N4O2/c24-23(25)16-10-13(17-4-1-5-19-18(17)6-8-21-19)9-15(11-16)22-14-3-2-7-20-12-14/h1-12,21-22H. The molecule has 4 rings (SSSR count). The molecule has 0 aliphatic rings. The highest BCUT2D eigenvalue weighted by Gasteiger charge is 2.13. The van der Waals surface area contributed by atoms with Gasteiger partial charge in [-0.05, 0) is 41.5 Å². The normalized spacial score (nSPS) is 10.7. The first kappa shape index (κ1) is 14.9. The molecule has 0 aliphatic carbocycles. The highest BCUT2D eigenvalue weighted by atomic mass is 16.6. The topological polar surface area (TPSA) is 83.8 Å². The van der Waals surface area contributed by atoms with Crippen molar-refractivity contribution in [2.45, 2.75) is 0 Å². The number of rotatable bonds is 4. The van der Waals surface area contributed by atoms with E-state index in [0.29, 0.717) is 5.69 Å². The van der Waals surface area contributed by atoms with Gasteiger partial charge in [-0.25, -0.2) is 0 Å². The minimum atomic E-state index is -0.380. The van der Waals surface area contributed by atoms with Gasteiger partial charge in [0.05, 0.1) is 16.8 Å². The molecule has 25 heavy (non-hydrogen) atoms. The lowest BCUT2D eigenvalue weighted by Crippen LogP contribution is -1.95. The van der Waals surface area contributed by atoms with Crippen LogP contribution in [0, 0.1) is 10.1 Å². The maximum Gasteiger partial charge on any atom is 0.272 e. The SMILES string of the molecule is O=[N+]([O-])c1cc(Nc2cccnc2)cc(-c2cccc3[nH]ccc23)c1. The molecular weight excluding hydrogens is 316 g/mol. The summed E-state index contributed by atoms with van der Waals surface area (Å²) >= 11 is 0. The first-order chi connectivity index (χ1) is 12.2. The Morgan fingerprint density at radius 1 is 1.04 bits per heavy atom. The van der Waals surface area contributed by atoms with Gasteiger partial charge < -0.3 is 10.3 Å². The molecule has 122 valence electrons. The Labute approximate surface area is 143 Å². The molecule has 2 heterocycles. The lowest BCUT2D eigenvalue weighted by molar-refractivity contribution is -0.384. The molecule has 0 bridgehead atoms. The molecule has 6 nitrogen and oxygen atoms in total. The third-order valence-electron chi connectivity index (χ3n) is 3.98. The zero-order valence-electron chi connectivity index (χ0n) is 13.1. The maximum absolute atomic E-state index is 11.4. The number of H-pyrrole nitrogens is 1. The number of nitrogens with one attached hydrogen (secondary N) is 2. The van der Waals surface area contributed by atoms with Crippen molar-refractivity contribution in [3.63, 3.8) is 0 Å². The molecular formula is C19H14N4O2. The van der Waals surface area contributed by atoms with Crippen molar-refractivity contribution < 1.29 is 4.92 Å². The van der Waals surface area contributed by atoms with E-state index in [1.54, 1.807) is 24.5 Å². The Kier molecular flexibility index (Phi) is 3.63. The van der Waals surface area contributed by atoms with Crippen molar-refractivity contribution >= 4 is 28.0 Å². The third kappa shape index (κ3) is 2.92. The first-order valence-corrected chi connectivity index (χ1v) is 7.74. The zero-order chi connectivity index (χ0) is 17.2. The second kappa shape index (κ2) is 6.09. The van der Waals surface area contributed by atoms with Gasteiger partial charge in [0.2, 0.25) is 0 Å². The van der Waals surface area contributed by atoms with Gasteiger partial charge in [-0.15, -0.1) is 0 Å². The number of fused-ring (bicyclic) bond motifs is 1. The molecule has 0 amide bonds. The highest BCUT2D eigenvalue weighted by molar-refractivity contribution is 5.96. The predicted molar refractivity (Wildman–Crippen MR) is 97.9 cm³/mol. The summed E-state index contributed by atoms with van der Waals surface area (Å²) in [6.45, 7) is 0. The van der Waals surface area contributed by atoms with E-state index < -0.39 is 0 Å². The van der Waals surface area contributed by atoms with Gasteiger partial charge in [-0.3, -0.25) is 15.1 Å². The van der Waals surface area contributed by atoms with Crippen LogP contribution in [0.5, 0.6) is 0 Å². The molecule has 0 atom stereocenters. The van der Waals surface area contributed by atoms with Crippen molar-refractivity contribution in [2.75, 3.05) is 5.32 Å². The number of nitro groups is 1. The van der Waals surface area contributed by atoms with E-state index in [-0.39, 0.29) is 10.6 Å². The number of anilines is 2. The molecule has 2 N–H and O–H groups in total. The van der Waals surface area contributed by atoms with Gasteiger partial charge in [-0.2, -0.15) is 0 Å². The van der Waals surface area contributed by atoms with Crippen LogP contribution >= 0.6 is 0 Å². The third-order valence-corrected chi connectivity index (χ3v) is 3.98. The largest absolute Gasteiger partial charge is 0.361 e. The maximum atomic E-state index is 11.4. The van der Waals surface area contributed by atoms with Crippen LogP contribution in [-0.2, 0) is 0 Å². The fourth-order valence-electron chi connectivity index (χ4n) is 2.88. The van der Waals surface area contributed by atoms with Crippen molar-refractivity contribution in [3.05, 3.63) is 83.3 Å². The number of pyridine rings is 1. The average molecular weight is 330 g/mol. The zero-order valence-corrected chi connectivity index (χ0v) is 13.1. The van der Waals surface area contributed by atoms with Gasteiger partial charge >= 0.3 is 0 Å². The molecule has 0 aliphatic heterocycles. The summed E-state index contributed by atoms with van der Waals surface area (Å²) in [6.07, 6.45) is 5.21. The molecule has 2 aromatic carbocycles. The second-order valence-corrected chi connectivity index (χ2v) is 5.64. The number of aromatic amines is 1. The van der Waals surface area contributed by atoms with Crippen LogP contribution in [0.3, 0.4) is 0 Å². The molecule has 2 aromatic heterocycles. The predicted octanol–water partition coefficient (Wildman–Crippen LogP) is 4.88. The monoisotopic (exact) mass is 330 g/mol. The lowest BCUT2D eigenvalue weighted by Gasteiger charge is -2.10. The van der Waals surface area contributed by atoms with E-state index in [0.717, 1.165) is 27.7 Å². The Bertz CT molecular complexity index is 1060. The molecule has 0 saturated carbocycles. The van der Waals surface area contributed by atoms with Gasteiger partial charge in [-0.1, -0.05) is 12.1 Å². The van der Waals surface area contributed by atoms with Crippen LogP contribution < -0.4 is 5.32 Å². The molecule has 0 saturated heterocycles. The van der Waals surface area contributed by atoms with Gasteiger partial charge in [0.15, 0.2) is 0 Å². The van der Waals surface area contributed by atoms with E-state index >= 15 is 0 Å². The molecule has 0 spiro atoms. The summed E-state index contributed by atoms with van der Waals surface area (Å²) in [4.78, 5) is 18.2. The summed E-state index contributed by atoms with van der Waals surface area (Å²) in [5.74, 6) is 0. The van der Waals surface area contributed by atoms with Gasteiger partial charge in [0.1, 0.15) is 0 Å². The van der Waals surface area contributed by atoms with Crippen LogP contribution in [0.25, 0.3) is 22.0 Å². The van der Waals surface area contributed by atoms with Crippen LogP contribution in [0.4, 0.5) is 17.1 Å². The minimum Gasteiger partial charge on any atom is -0.361 e. The number of aromatic nitrogens is 2. The Morgan fingerprint density at radius 2 is 1.96 bits per heavy atom. The summed E-state index contributed by atoms with van der Waals surface area (Å²) in [7, 11) is 0. The Morgan fingerprint density at radius 3 is 2.76 bits per heavy atom. The Hall–Kier alpha value is -3.67. The number of nitrogens with zero attached hydrogens (tertiary/aromatic N) is 2. The molecule has 6 heteroatoms. The van der Waals surface area contributed by atoms with Gasteiger partial charge in [0.25, 0.3) is 5.69 Å². The number of hydrogen-bond donors (Lipinski definition) is 2. The van der Waals surface area contributed by atoms with Gasteiger partial charge in [0, 0.05) is 41.1 Å².